The zero-order valence-corrected chi connectivity index (χ0v) is 15.0. The molecule has 0 saturated heterocycles. The third-order valence-corrected chi connectivity index (χ3v) is 4.33. The molecule has 1 N–H and O–H groups in total. The molecule has 0 aliphatic carbocycles. The maximum absolute atomic E-state index is 12.1. The summed E-state index contributed by atoms with van der Waals surface area (Å²) in [5.41, 5.74) is 3.30. The molecule has 5 heteroatoms. The van der Waals surface area contributed by atoms with Crippen LogP contribution in [-0.4, -0.2) is 18.5 Å². The summed E-state index contributed by atoms with van der Waals surface area (Å²) in [5, 5.41) is 3.75. The first-order valence-electron chi connectivity index (χ1n) is 8.46. The average molecular weight is 351 g/mol. The first-order chi connectivity index (χ1) is 12.4. The number of esters is 1. The van der Waals surface area contributed by atoms with Crippen molar-refractivity contribution in [2.75, 3.05) is 6.61 Å². The summed E-state index contributed by atoms with van der Waals surface area (Å²) in [4.78, 5) is 24.1. The minimum atomic E-state index is -0.514. The summed E-state index contributed by atoms with van der Waals surface area (Å²) in [6.45, 7) is 5.38. The molecule has 0 saturated carbocycles. The van der Waals surface area contributed by atoms with Crippen LogP contribution in [0.5, 0.6) is 0 Å². The maximum Gasteiger partial charge on any atom is 0.338 e. The number of ether oxygens (including phenoxy) is 1. The van der Waals surface area contributed by atoms with Gasteiger partial charge in [0.2, 0.25) is 0 Å². The van der Waals surface area contributed by atoms with Crippen molar-refractivity contribution in [1.29, 1.82) is 0 Å². The Kier molecular flexibility index (Phi) is 5.07. The highest BCUT2D eigenvalue weighted by atomic mass is 16.5. The lowest BCUT2D eigenvalue weighted by atomic mass is 10.1. The van der Waals surface area contributed by atoms with Gasteiger partial charge in [0.15, 0.2) is 6.61 Å². The Labute approximate surface area is 152 Å². The summed E-state index contributed by atoms with van der Waals surface area (Å²) in [7, 11) is 0. The van der Waals surface area contributed by atoms with Gasteiger partial charge in [-0.05, 0) is 56.2 Å². The smallest absolute Gasteiger partial charge is 0.338 e. The Bertz CT molecular complexity index is 925. The lowest BCUT2D eigenvalue weighted by Crippen LogP contribution is -2.31. The molecule has 3 aromatic rings. The molecule has 1 aromatic heterocycles. The van der Waals surface area contributed by atoms with Crippen LogP contribution in [0.1, 0.15) is 40.2 Å². The van der Waals surface area contributed by atoms with E-state index in [1.807, 2.05) is 57.2 Å². The molecule has 1 heterocycles. The fourth-order valence-electron chi connectivity index (χ4n) is 2.65. The Balaban J connectivity index is 1.56. The van der Waals surface area contributed by atoms with Crippen LogP contribution in [0.3, 0.4) is 0 Å². The molecule has 1 amide bonds. The van der Waals surface area contributed by atoms with Gasteiger partial charge in [-0.1, -0.05) is 24.3 Å². The van der Waals surface area contributed by atoms with Crippen LogP contribution < -0.4 is 5.32 Å². The van der Waals surface area contributed by atoms with E-state index in [2.05, 4.69) is 5.32 Å². The molecule has 1 atom stereocenters. The molecule has 0 radical (unpaired) electrons. The predicted octanol–water partition coefficient (Wildman–Crippen LogP) is 4.08. The van der Waals surface area contributed by atoms with Gasteiger partial charge < -0.3 is 14.5 Å². The van der Waals surface area contributed by atoms with Crippen LogP contribution in [0, 0.1) is 13.8 Å². The normalized spacial score (nSPS) is 12.0. The summed E-state index contributed by atoms with van der Waals surface area (Å²) in [5.74, 6) is -0.241. The molecule has 0 bridgehead atoms. The largest absolute Gasteiger partial charge is 0.459 e. The molecule has 0 unspecified atom stereocenters. The van der Waals surface area contributed by atoms with E-state index >= 15 is 0 Å². The zero-order chi connectivity index (χ0) is 18.7. The number of rotatable bonds is 5. The van der Waals surface area contributed by atoms with Gasteiger partial charge in [0, 0.05) is 5.39 Å². The molecule has 0 fully saturated rings. The van der Waals surface area contributed by atoms with Crippen LogP contribution in [0.2, 0.25) is 0 Å². The van der Waals surface area contributed by atoms with E-state index in [1.165, 1.54) is 0 Å². The van der Waals surface area contributed by atoms with Gasteiger partial charge in [-0.3, -0.25) is 4.79 Å². The number of hydrogen-bond acceptors (Lipinski definition) is 4. The van der Waals surface area contributed by atoms with Gasteiger partial charge in [-0.2, -0.15) is 0 Å². The van der Waals surface area contributed by atoms with Gasteiger partial charge >= 0.3 is 5.97 Å². The first-order valence-corrected chi connectivity index (χ1v) is 8.46. The lowest BCUT2D eigenvalue weighted by Gasteiger charge is -2.12. The number of fused-ring (bicyclic) bond motifs is 1. The number of benzene rings is 2. The van der Waals surface area contributed by atoms with Crippen molar-refractivity contribution in [2.24, 2.45) is 0 Å². The first kappa shape index (κ1) is 17.7. The Morgan fingerprint density at radius 3 is 2.58 bits per heavy atom. The molecule has 0 aliphatic heterocycles. The Hall–Kier alpha value is -3.08. The number of carbonyl (C=O) groups excluding carboxylic acids is 2. The highest BCUT2D eigenvalue weighted by Gasteiger charge is 2.16. The maximum atomic E-state index is 12.1. The summed E-state index contributed by atoms with van der Waals surface area (Å²) >= 11 is 0. The Morgan fingerprint density at radius 2 is 1.85 bits per heavy atom. The summed E-state index contributed by atoms with van der Waals surface area (Å²) in [6, 6.07) is 14.5. The van der Waals surface area contributed by atoms with Crippen LogP contribution in [0.15, 0.2) is 52.9 Å². The number of amides is 1. The zero-order valence-electron chi connectivity index (χ0n) is 15.0. The van der Waals surface area contributed by atoms with Crippen LogP contribution in [0.4, 0.5) is 0 Å². The van der Waals surface area contributed by atoms with Crippen molar-refractivity contribution in [3.63, 3.8) is 0 Å². The van der Waals surface area contributed by atoms with Crippen LogP contribution in [-0.2, 0) is 9.53 Å². The molecule has 5 nitrogen and oxygen atoms in total. The second-order valence-electron chi connectivity index (χ2n) is 6.35. The fourth-order valence-corrected chi connectivity index (χ4v) is 2.65. The van der Waals surface area contributed by atoms with E-state index in [-0.39, 0.29) is 18.6 Å². The van der Waals surface area contributed by atoms with Crippen molar-refractivity contribution in [1.82, 2.24) is 5.32 Å². The average Bonchev–Trinajstić information content (AvgIpc) is 3.06. The van der Waals surface area contributed by atoms with E-state index < -0.39 is 5.97 Å². The fraction of sp³-hybridized carbons (Fsp3) is 0.238. The van der Waals surface area contributed by atoms with Crippen molar-refractivity contribution in [3.05, 3.63) is 71.0 Å². The van der Waals surface area contributed by atoms with Gasteiger partial charge in [-0.15, -0.1) is 0 Å². The van der Waals surface area contributed by atoms with Gasteiger partial charge in [0.1, 0.15) is 11.3 Å². The molecular formula is C21H21NO4. The molecule has 3 rings (SSSR count). The minimum absolute atomic E-state index is 0.324. The monoisotopic (exact) mass is 351 g/mol. The predicted molar refractivity (Wildman–Crippen MR) is 99.0 cm³/mol. The highest BCUT2D eigenvalue weighted by Crippen LogP contribution is 2.23. The summed E-state index contributed by atoms with van der Waals surface area (Å²) in [6.07, 6.45) is 0. The topological polar surface area (TPSA) is 68.5 Å². The van der Waals surface area contributed by atoms with Crippen molar-refractivity contribution < 1.29 is 18.7 Å². The van der Waals surface area contributed by atoms with Crippen molar-refractivity contribution in [3.8, 4) is 0 Å². The number of carbonyl (C=O) groups is 2. The second-order valence-corrected chi connectivity index (χ2v) is 6.35. The van der Waals surface area contributed by atoms with Crippen molar-refractivity contribution in [2.45, 2.75) is 26.8 Å². The van der Waals surface area contributed by atoms with Gasteiger partial charge in [-0.25, -0.2) is 4.79 Å². The third kappa shape index (κ3) is 3.94. The van der Waals surface area contributed by atoms with Crippen LogP contribution >= 0.6 is 0 Å². The van der Waals surface area contributed by atoms with Crippen LogP contribution in [0.25, 0.3) is 11.0 Å². The van der Waals surface area contributed by atoms with Gasteiger partial charge in [0.05, 0.1) is 11.6 Å². The number of nitrogens with one attached hydrogen (secondary N) is 1. The molecule has 2 aromatic carbocycles. The van der Waals surface area contributed by atoms with E-state index in [1.54, 1.807) is 12.1 Å². The lowest BCUT2D eigenvalue weighted by molar-refractivity contribution is -0.125. The van der Waals surface area contributed by atoms with Crippen molar-refractivity contribution >= 4 is 22.8 Å². The Morgan fingerprint density at radius 1 is 1.08 bits per heavy atom. The minimum Gasteiger partial charge on any atom is -0.459 e. The SMILES string of the molecule is Cc1ccc(C(=O)OCC(=O)N[C@H](C)c2cc3ccccc3o2)cc1C. The molecule has 0 aliphatic rings. The number of aryl methyl sites for hydroxylation is 2. The number of furan rings is 1. The van der Waals surface area contributed by atoms with E-state index in [9.17, 15) is 9.59 Å². The number of hydrogen-bond donors (Lipinski definition) is 1. The molecule has 0 spiro atoms. The summed E-state index contributed by atoms with van der Waals surface area (Å²) < 4.78 is 10.8. The quantitative estimate of drug-likeness (QED) is 0.703. The molecular weight excluding hydrogens is 330 g/mol. The molecule has 134 valence electrons. The molecule has 26 heavy (non-hydrogen) atoms. The van der Waals surface area contributed by atoms with Gasteiger partial charge in [0.25, 0.3) is 5.91 Å². The van der Waals surface area contributed by atoms with E-state index in [4.69, 9.17) is 9.15 Å². The van der Waals surface area contributed by atoms with E-state index in [0.29, 0.717) is 11.3 Å². The van der Waals surface area contributed by atoms with E-state index in [0.717, 1.165) is 22.1 Å². The third-order valence-electron chi connectivity index (χ3n) is 4.33. The number of para-hydroxylation sites is 1. The second kappa shape index (κ2) is 7.44. The highest BCUT2D eigenvalue weighted by molar-refractivity contribution is 5.91. The standard InChI is InChI=1S/C21H21NO4/c1-13-8-9-17(10-14(13)2)21(24)25-12-20(23)22-15(3)19-11-16-6-4-5-7-18(16)26-19/h4-11,15H,12H2,1-3H3,(H,22,23)/t15-/m1/s1.